The highest BCUT2D eigenvalue weighted by Crippen LogP contribution is 2.31. The van der Waals surface area contributed by atoms with Gasteiger partial charge in [-0.3, -0.25) is 4.79 Å². The Hall–Kier alpha value is -2.11. The van der Waals surface area contributed by atoms with Gasteiger partial charge in [0.2, 0.25) is 0 Å². The van der Waals surface area contributed by atoms with Gasteiger partial charge in [0.1, 0.15) is 0 Å². The normalized spacial score (nSPS) is 14.2. The quantitative estimate of drug-likeness (QED) is 0.752. The van der Waals surface area contributed by atoms with Crippen LogP contribution < -0.4 is 5.73 Å². The number of fused-ring (bicyclic) bond motifs is 2. The molecule has 122 valence electrons. The number of nitrogen functional groups attached to an aromatic ring is 1. The topological polar surface area (TPSA) is 73.8 Å². The number of carbonyl (C=O) groups is 1. The molecule has 4 rings (SSSR count). The maximum Gasteiger partial charge on any atom is 0.166 e. The third kappa shape index (κ3) is 2.44. The second-order valence-electron chi connectivity index (χ2n) is 5.90. The van der Waals surface area contributed by atoms with Crippen LogP contribution >= 0.6 is 23.2 Å². The molecule has 0 saturated heterocycles. The van der Waals surface area contributed by atoms with Crippen LogP contribution in [-0.4, -0.2) is 20.5 Å². The van der Waals surface area contributed by atoms with Crippen LogP contribution in [0.2, 0.25) is 10.0 Å². The number of pyridine rings is 1. The number of aryl methyl sites for hydroxylation is 1. The van der Waals surface area contributed by atoms with Crippen LogP contribution in [0.4, 0.5) is 5.69 Å². The first-order chi connectivity index (χ1) is 11.5. The molecule has 1 aliphatic rings. The molecule has 3 aromatic rings. The SMILES string of the molecule is Nc1c2c(nc3c1cnn3Cc1ccc(Cl)cc1Cl)CCCC2=O. The Kier molecular flexibility index (Phi) is 3.70. The van der Waals surface area contributed by atoms with Crippen LogP contribution in [0.1, 0.15) is 34.5 Å². The van der Waals surface area contributed by atoms with Crippen molar-refractivity contribution < 1.29 is 4.79 Å². The molecule has 0 amide bonds. The van der Waals surface area contributed by atoms with Crippen LogP contribution in [0, 0.1) is 0 Å². The summed E-state index contributed by atoms with van der Waals surface area (Å²) in [5, 5.41) is 6.25. The fourth-order valence-corrected chi connectivity index (χ4v) is 3.59. The molecule has 0 radical (unpaired) electrons. The maximum absolute atomic E-state index is 12.1. The molecular weight excluding hydrogens is 347 g/mol. The number of Topliss-reactive ketones (excluding diaryl/α,β-unsaturated/α-hetero) is 1. The third-order valence-corrected chi connectivity index (χ3v) is 4.92. The van der Waals surface area contributed by atoms with E-state index in [2.05, 4.69) is 10.1 Å². The maximum atomic E-state index is 12.1. The predicted octanol–water partition coefficient (Wildman–Crippen LogP) is 3.89. The van der Waals surface area contributed by atoms with Gasteiger partial charge in [-0.25, -0.2) is 9.67 Å². The second-order valence-corrected chi connectivity index (χ2v) is 6.74. The molecule has 0 spiro atoms. The highest BCUT2D eigenvalue weighted by molar-refractivity contribution is 6.35. The Bertz CT molecular complexity index is 980. The molecule has 0 aliphatic heterocycles. The summed E-state index contributed by atoms with van der Waals surface area (Å²) in [4.78, 5) is 16.8. The van der Waals surface area contributed by atoms with E-state index in [1.165, 1.54) is 0 Å². The molecule has 2 N–H and O–H groups in total. The van der Waals surface area contributed by atoms with Gasteiger partial charge in [0.05, 0.1) is 35.1 Å². The van der Waals surface area contributed by atoms with E-state index in [-0.39, 0.29) is 5.78 Å². The Morgan fingerprint density at radius 1 is 1.25 bits per heavy atom. The van der Waals surface area contributed by atoms with Crippen LogP contribution in [0.5, 0.6) is 0 Å². The summed E-state index contributed by atoms with van der Waals surface area (Å²) in [7, 11) is 0. The van der Waals surface area contributed by atoms with Crippen molar-refractivity contribution in [3.05, 3.63) is 51.3 Å². The van der Waals surface area contributed by atoms with Crippen molar-refractivity contribution in [1.29, 1.82) is 0 Å². The lowest BCUT2D eigenvalue weighted by Gasteiger charge is -2.16. The summed E-state index contributed by atoms with van der Waals surface area (Å²) in [6, 6.07) is 5.35. The number of benzene rings is 1. The molecule has 0 atom stereocenters. The van der Waals surface area contributed by atoms with Gasteiger partial charge in [-0.2, -0.15) is 5.10 Å². The Morgan fingerprint density at radius 3 is 2.88 bits per heavy atom. The van der Waals surface area contributed by atoms with Gasteiger partial charge in [-0.1, -0.05) is 29.3 Å². The van der Waals surface area contributed by atoms with Gasteiger partial charge in [-0.15, -0.1) is 0 Å². The highest BCUT2D eigenvalue weighted by atomic mass is 35.5. The number of rotatable bonds is 2. The Balaban J connectivity index is 1.83. The molecule has 5 nitrogen and oxygen atoms in total. The van der Waals surface area contributed by atoms with Crippen molar-refractivity contribution in [2.24, 2.45) is 0 Å². The van der Waals surface area contributed by atoms with Crippen molar-refractivity contribution in [3.63, 3.8) is 0 Å². The zero-order valence-corrected chi connectivity index (χ0v) is 14.2. The van der Waals surface area contributed by atoms with Crippen molar-refractivity contribution in [2.45, 2.75) is 25.8 Å². The number of aromatic nitrogens is 3. The molecule has 1 aliphatic carbocycles. The zero-order valence-electron chi connectivity index (χ0n) is 12.7. The molecule has 0 unspecified atom stereocenters. The minimum Gasteiger partial charge on any atom is -0.397 e. The fraction of sp³-hybridized carbons (Fsp3) is 0.235. The molecular formula is C17H14Cl2N4O. The molecule has 0 fully saturated rings. The Morgan fingerprint density at radius 2 is 2.08 bits per heavy atom. The molecule has 2 aromatic heterocycles. The van der Waals surface area contributed by atoms with Crippen LogP contribution in [0.25, 0.3) is 11.0 Å². The minimum absolute atomic E-state index is 0.0663. The summed E-state index contributed by atoms with van der Waals surface area (Å²) in [6.07, 6.45) is 3.75. The second kappa shape index (κ2) is 5.76. The number of halogens is 2. The molecule has 7 heteroatoms. The predicted molar refractivity (Wildman–Crippen MR) is 94.8 cm³/mol. The van der Waals surface area contributed by atoms with Gasteiger partial charge in [0, 0.05) is 16.5 Å². The molecule has 1 aromatic carbocycles. The Labute approximate surface area is 148 Å². The fourth-order valence-electron chi connectivity index (χ4n) is 3.12. The van der Waals surface area contributed by atoms with Crippen LogP contribution in [-0.2, 0) is 13.0 Å². The number of nitrogens with zero attached hydrogens (tertiary/aromatic N) is 3. The van der Waals surface area contributed by atoms with Gasteiger partial charge in [-0.05, 0) is 30.5 Å². The van der Waals surface area contributed by atoms with Gasteiger partial charge < -0.3 is 5.73 Å². The van der Waals surface area contributed by atoms with E-state index < -0.39 is 0 Å². The first kappa shape index (κ1) is 15.4. The van der Waals surface area contributed by atoms with E-state index in [1.54, 1.807) is 23.0 Å². The lowest BCUT2D eigenvalue weighted by Crippen LogP contribution is -2.16. The van der Waals surface area contributed by atoms with E-state index in [1.807, 2.05) is 6.07 Å². The number of ketones is 1. The summed E-state index contributed by atoms with van der Waals surface area (Å²) in [5.74, 6) is 0.0663. The van der Waals surface area contributed by atoms with E-state index >= 15 is 0 Å². The first-order valence-electron chi connectivity index (χ1n) is 7.65. The monoisotopic (exact) mass is 360 g/mol. The molecule has 0 saturated carbocycles. The average molecular weight is 361 g/mol. The lowest BCUT2D eigenvalue weighted by atomic mass is 9.93. The number of anilines is 1. The van der Waals surface area contributed by atoms with Gasteiger partial charge in [0.15, 0.2) is 11.4 Å². The summed E-state index contributed by atoms with van der Waals surface area (Å²) >= 11 is 12.2. The van der Waals surface area contributed by atoms with Crippen molar-refractivity contribution in [3.8, 4) is 0 Å². The minimum atomic E-state index is 0.0663. The molecule has 24 heavy (non-hydrogen) atoms. The largest absolute Gasteiger partial charge is 0.397 e. The van der Waals surface area contributed by atoms with Gasteiger partial charge >= 0.3 is 0 Å². The summed E-state index contributed by atoms with van der Waals surface area (Å²) in [6.45, 7) is 0.457. The van der Waals surface area contributed by atoms with E-state index in [9.17, 15) is 4.79 Å². The van der Waals surface area contributed by atoms with E-state index in [0.29, 0.717) is 45.3 Å². The average Bonchev–Trinajstić information content (AvgIpc) is 2.93. The molecule has 2 heterocycles. The van der Waals surface area contributed by atoms with E-state index in [0.717, 1.165) is 24.1 Å². The summed E-state index contributed by atoms with van der Waals surface area (Å²) in [5.41, 5.74) is 9.60. The van der Waals surface area contributed by atoms with Crippen molar-refractivity contribution >= 4 is 45.7 Å². The van der Waals surface area contributed by atoms with Crippen LogP contribution in [0.3, 0.4) is 0 Å². The standard InChI is InChI=1S/C17H14Cl2N4O/c18-10-5-4-9(12(19)6-10)8-23-17-11(7-21-23)16(20)15-13(22-17)2-1-3-14(15)24/h4-7H,1-3,8H2,(H2,20,22). The van der Waals surface area contributed by atoms with Crippen molar-refractivity contribution in [1.82, 2.24) is 14.8 Å². The number of carbonyl (C=O) groups excluding carboxylic acids is 1. The number of hydrogen-bond donors (Lipinski definition) is 1. The van der Waals surface area contributed by atoms with Crippen LogP contribution in [0.15, 0.2) is 24.4 Å². The third-order valence-electron chi connectivity index (χ3n) is 4.33. The van der Waals surface area contributed by atoms with Gasteiger partial charge in [0.25, 0.3) is 0 Å². The van der Waals surface area contributed by atoms with E-state index in [4.69, 9.17) is 28.9 Å². The number of hydrogen-bond acceptors (Lipinski definition) is 4. The zero-order chi connectivity index (χ0) is 16.8. The molecule has 0 bridgehead atoms. The highest BCUT2D eigenvalue weighted by Gasteiger charge is 2.24. The lowest BCUT2D eigenvalue weighted by molar-refractivity contribution is 0.0972. The van der Waals surface area contributed by atoms with Crippen molar-refractivity contribution in [2.75, 3.05) is 5.73 Å². The number of nitrogens with two attached hydrogens (primary N) is 1. The first-order valence-corrected chi connectivity index (χ1v) is 8.41. The smallest absolute Gasteiger partial charge is 0.166 e. The summed E-state index contributed by atoms with van der Waals surface area (Å²) < 4.78 is 1.75.